The number of pyridine rings is 1. The third-order valence-electron chi connectivity index (χ3n) is 5.51. The molecular weight excluding hydrogens is 442 g/mol. The monoisotopic (exact) mass is 471 g/mol. The number of carbonyl (C=O) groups is 2. The average molecular weight is 472 g/mol. The second-order valence-electron chi connectivity index (χ2n) is 9.32. The van der Waals surface area contributed by atoms with Crippen LogP contribution in [-0.2, 0) is 4.74 Å². The Morgan fingerprint density at radius 2 is 1.77 bits per heavy atom. The van der Waals surface area contributed by atoms with Gasteiger partial charge in [0, 0.05) is 24.2 Å². The number of carbonyl (C=O) groups excluding carboxylic acids is 2. The van der Waals surface area contributed by atoms with E-state index in [-0.39, 0.29) is 6.09 Å². The number of hydrogen-bond acceptors (Lipinski definition) is 5. The van der Waals surface area contributed by atoms with E-state index < -0.39 is 11.5 Å². The minimum absolute atomic E-state index is 0.320. The van der Waals surface area contributed by atoms with Gasteiger partial charge >= 0.3 is 6.09 Å². The van der Waals surface area contributed by atoms with Gasteiger partial charge in [-0.15, -0.1) is 0 Å². The van der Waals surface area contributed by atoms with E-state index in [9.17, 15) is 9.59 Å². The Kier molecular flexibility index (Phi) is 6.87. The van der Waals surface area contributed by atoms with Crippen molar-refractivity contribution in [3.05, 3.63) is 84.1 Å². The van der Waals surface area contributed by atoms with Gasteiger partial charge in [0.05, 0.1) is 11.9 Å². The highest BCUT2D eigenvalue weighted by molar-refractivity contribution is 6.00. The number of amides is 2. The number of nitrogens with two attached hydrogens (primary N) is 1. The van der Waals surface area contributed by atoms with Crippen LogP contribution in [-0.4, -0.2) is 40.6 Å². The molecular formula is C28H29N3O4. The molecule has 0 saturated carbocycles. The molecule has 0 fully saturated rings. The van der Waals surface area contributed by atoms with E-state index in [1.54, 1.807) is 17.2 Å². The highest BCUT2D eigenvalue weighted by Crippen LogP contribution is 2.31. The van der Waals surface area contributed by atoms with Gasteiger partial charge in [0.1, 0.15) is 17.1 Å². The molecule has 0 saturated heterocycles. The lowest BCUT2D eigenvalue weighted by atomic mass is 9.93. The molecule has 0 unspecified atom stereocenters. The van der Waals surface area contributed by atoms with E-state index >= 15 is 0 Å². The summed E-state index contributed by atoms with van der Waals surface area (Å²) in [4.78, 5) is 30.7. The van der Waals surface area contributed by atoms with Crippen LogP contribution >= 0.6 is 0 Å². The van der Waals surface area contributed by atoms with Crippen LogP contribution in [0.4, 0.5) is 4.79 Å². The molecule has 0 atom stereocenters. The summed E-state index contributed by atoms with van der Waals surface area (Å²) in [7, 11) is 0. The first kappa shape index (κ1) is 24.0. The molecule has 2 heterocycles. The molecule has 0 radical (unpaired) electrons. The van der Waals surface area contributed by atoms with Gasteiger partial charge in [-0.05, 0) is 74.7 Å². The van der Waals surface area contributed by atoms with Crippen molar-refractivity contribution < 1.29 is 19.1 Å². The molecule has 2 amide bonds. The zero-order valence-electron chi connectivity index (χ0n) is 20.2. The molecule has 180 valence electrons. The minimum atomic E-state index is -0.532. The van der Waals surface area contributed by atoms with E-state index in [0.29, 0.717) is 47.8 Å². The molecule has 2 aromatic carbocycles. The Morgan fingerprint density at radius 3 is 2.37 bits per heavy atom. The van der Waals surface area contributed by atoms with Gasteiger partial charge in [0.25, 0.3) is 0 Å². The maximum atomic E-state index is 12.4. The van der Waals surface area contributed by atoms with Crippen molar-refractivity contribution in [2.75, 3.05) is 13.1 Å². The van der Waals surface area contributed by atoms with Gasteiger partial charge in [-0.1, -0.05) is 30.3 Å². The summed E-state index contributed by atoms with van der Waals surface area (Å²) in [5, 5.41) is 0. The van der Waals surface area contributed by atoms with Crippen molar-refractivity contribution in [2.45, 2.75) is 32.8 Å². The fourth-order valence-corrected chi connectivity index (χ4v) is 3.82. The van der Waals surface area contributed by atoms with Crippen LogP contribution in [0.2, 0.25) is 0 Å². The Balaban J connectivity index is 1.56. The number of hydrogen-bond donors (Lipinski definition) is 1. The van der Waals surface area contributed by atoms with Gasteiger partial charge in [-0.25, -0.2) is 4.79 Å². The first-order chi connectivity index (χ1) is 16.7. The first-order valence-electron chi connectivity index (χ1n) is 11.5. The van der Waals surface area contributed by atoms with Crippen LogP contribution < -0.4 is 10.5 Å². The zero-order chi connectivity index (χ0) is 25.0. The number of primary amides is 1. The lowest BCUT2D eigenvalue weighted by Gasteiger charge is -2.29. The summed E-state index contributed by atoms with van der Waals surface area (Å²) in [5.41, 5.74) is 8.83. The molecule has 1 aliphatic heterocycles. The van der Waals surface area contributed by atoms with E-state index in [0.717, 1.165) is 11.1 Å². The quantitative estimate of drug-likeness (QED) is 0.518. The van der Waals surface area contributed by atoms with Crippen molar-refractivity contribution in [3.63, 3.8) is 0 Å². The van der Waals surface area contributed by atoms with Gasteiger partial charge in [0.2, 0.25) is 5.91 Å². The van der Waals surface area contributed by atoms with Crippen molar-refractivity contribution in [1.29, 1.82) is 0 Å². The molecule has 1 aliphatic rings. The summed E-state index contributed by atoms with van der Waals surface area (Å²) >= 11 is 0. The lowest BCUT2D eigenvalue weighted by Crippen LogP contribution is -2.39. The molecule has 2 N–H and O–H groups in total. The number of nitrogens with zero attached hydrogens (tertiary/aromatic N) is 2. The van der Waals surface area contributed by atoms with Crippen LogP contribution in [0, 0.1) is 0 Å². The third kappa shape index (κ3) is 6.06. The zero-order valence-corrected chi connectivity index (χ0v) is 20.2. The summed E-state index contributed by atoms with van der Waals surface area (Å²) in [6, 6.07) is 18.6. The van der Waals surface area contributed by atoms with Crippen LogP contribution in [0.5, 0.6) is 11.5 Å². The lowest BCUT2D eigenvalue weighted by molar-refractivity contribution is 0.0270. The second kappa shape index (κ2) is 10.0. The molecule has 0 spiro atoms. The molecule has 4 rings (SSSR count). The van der Waals surface area contributed by atoms with Crippen LogP contribution in [0.15, 0.2) is 72.9 Å². The fraction of sp³-hybridized carbons (Fsp3) is 0.250. The van der Waals surface area contributed by atoms with Gasteiger partial charge in [-0.2, -0.15) is 0 Å². The summed E-state index contributed by atoms with van der Waals surface area (Å²) < 4.78 is 11.3. The Morgan fingerprint density at radius 1 is 1.00 bits per heavy atom. The smallest absolute Gasteiger partial charge is 0.410 e. The highest BCUT2D eigenvalue weighted by Gasteiger charge is 2.24. The minimum Gasteiger partial charge on any atom is -0.456 e. The van der Waals surface area contributed by atoms with Crippen LogP contribution in [0.3, 0.4) is 0 Å². The third-order valence-corrected chi connectivity index (χ3v) is 5.51. The van der Waals surface area contributed by atoms with Crippen molar-refractivity contribution in [2.24, 2.45) is 5.73 Å². The summed E-state index contributed by atoms with van der Waals surface area (Å²) in [6.07, 6.45) is 3.99. The SMILES string of the molecule is CC(C)(C)OC(=O)N1CC=C(c2ccc(C(N)=O)c(-c3ccc(Oc4ccccc4)cn3)c2)CC1. The highest BCUT2D eigenvalue weighted by atomic mass is 16.6. The first-order valence-corrected chi connectivity index (χ1v) is 11.5. The Hall–Kier alpha value is -4.13. The maximum absolute atomic E-state index is 12.4. The van der Waals surface area contributed by atoms with E-state index in [1.807, 2.05) is 81.4 Å². The predicted octanol–water partition coefficient (Wildman–Crippen LogP) is 5.66. The maximum Gasteiger partial charge on any atom is 0.410 e. The van der Waals surface area contributed by atoms with Gasteiger partial charge in [-0.3, -0.25) is 9.78 Å². The normalized spacial score (nSPS) is 13.7. The van der Waals surface area contributed by atoms with Crippen molar-refractivity contribution in [3.8, 4) is 22.8 Å². The van der Waals surface area contributed by atoms with Gasteiger partial charge in [0.15, 0.2) is 0 Å². The Labute approximate surface area is 205 Å². The van der Waals surface area contributed by atoms with Crippen LogP contribution in [0.1, 0.15) is 43.1 Å². The molecule has 7 nitrogen and oxygen atoms in total. The standard InChI is InChI=1S/C28H29N3O4/c1-28(2,3)35-27(33)31-15-13-19(14-16-31)20-9-11-23(26(29)32)24(17-20)25-12-10-22(18-30-25)34-21-7-5-4-6-8-21/h4-13,17-18H,14-16H2,1-3H3,(H2,29,32). The number of rotatable bonds is 5. The number of ether oxygens (including phenoxy) is 2. The number of benzene rings is 2. The molecule has 7 heteroatoms. The average Bonchev–Trinajstić information content (AvgIpc) is 2.84. The van der Waals surface area contributed by atoms with Crippen molar-refractivity contribution in [1.82, 2.24) is 9.88 Å². The molecule has 0 bridgehead atoms. The predicted molar refractivity (Wildman–Crippen MR) is 135 cm³/mol. The number of para-hydroxylation sites is 1. The molecule has 3 aromatic rings. The van der Waals surface area contributed by atoms with E-state index in [1.165, 1.54) is 0 Å². The fourth-order valence-electron chi connectivity index (χ4n) is 3.82. The molecule has 35 heavy (non-hydrogen) atoms. The molecule has 1 aromatic heterocycles. The van der Waals surface area contributed by atoms with Gasteiger partial charge < -0.3 is 20.1 Å². The largest absolute Gasteiger partial charge is 0.456 e. The van der Waals surface area contributed by atoms with Crippen molar-refractivity contribution >= 4 is 17.6 Å². The summed E-state index contributed by atoms with van der Waals surface area (Å²) in [6.45, 7) is 6.57. The van der Waals surface area contributed by atoms with Crippen LogP contribution in [0.25, 0.3) is 16.8 Å². The second-order valence-corrected chi connectivity index (χ2v) is 9.32. The summed E-state index contributed by atoms with van der Waals surface area (Å²) in [5.74, 6) is 0.784. The van der Waals surface area contributed by atoms with E-state index in [4.69, 9.17) is 15.2 Å². The molecule has 0 aliphatic carbocycles. The van der Waals surface area contributed by atoms with E-state index in [2.05, 4.69) is 4.98 Å². The number of aromatic nitrogens is 1. The Bertz CT molecular complexity index is 1250. The topological polar surface area (TPSA) is 94.8 Å².